The lowest BCUT2D eigenvalue weighted by Crippen LogP contribution is -2.18. The van der Waals surface area contributed by atoms with Gasteiger partial charge in [0.05, 0.1) is 17.0 Å². The number of carbonyl (C=O) groups is 1. The second-order valence-corrected chi connectivity index (χ2v) is 6.08. The first-order valence-electron chi connectivity index (χ1n) is 6.00. The fraction of sp³-hybridized carbons (Fsp3) is 0.154. The van der Waals surface area contributed by atoms with Gasteiger partial charge in [-0.25, -0.2) is 17.9 Å². The Morgan fingerprint density at radius 3 is 2.71 bits per heavy atom. The normalized spacial score (nSPS) is 11.3. The van der Waals surface area contributed by atoms with Crippen molar-refractivity contribution < 1.29 is 22.7 Å². The van der Waals surface area contributed by atoms with Crippen molar-refractivity contribution >= 4 is 21.7 Å². The molecule has 0 saturated heterocycles. The van der Waals surface area contributed by atoms with E-state index >= 15 is 0 Å². The number of hydrogen-bond acceptors (Lipinski definition) is 5. The summed E-state index contributed by atoms with van der Waals surface area (Å²) < 4.78 is 30.7. The maximum absolute atomic E-state index is 11.7. The van der Waals surface area contributed by atoms with Gasteiger partial charge in [0, 0.05) is 5.69 Å². The summed E-state index contributed by atoms with van der Waals surface area (Å²) in [6, 6.07) is 7.68. The first-order chi connectivity index (χ1) is 9.92. The van der Waals surface area contributed by atoms with E-state index < -0.39 is 16.0 Å². The number of furan rings is 1. The van der Waals surface area contributed by atoms with Crippen LogP contribution in [-0.2, 0) is 16.6 Å². The first-order valence-corrected chi connectivity index (χ1v) is 7.49. The lowest BCUT2D eigenvalue weighted by molar-refractivity contribution is 0.0696. The van der Waals surface area contributed by atoms with E-state index in [2.05, 4.69) is 10.0 Å². The fourth-order valence-electron chi connectivity index (χ4n) is 1.67. The first kappa shape index (κ1) is 15.1. The Balaban J connectivity index is 2.10. The van der Waals surface area contributed by atoms with Crippen molar-refractivity contribution in [3.8, 4) is 0 Å². The van der Waals surface area contributed by atoms with Crippen LogP contribution >= 0.6 is 0 Å². The van der Waals surface area contributed by atoms with Crippen LogP contribution in [0.4, 0.5) is 5.69 Å². The SMILES string of the molecule is CNS(=O)(=O)c1cccc(NCc2cc(C(=O)O)co2)c1. The maximum Gasteiger partial charge on any atom is 0.338 e. The van der Waals surface area contributed by atoms with Crippen LogP contribution in [-0.4, -0.2) is 26.5 Å². The summed E-state index contributed by atoms with van der Waals surface area (Å²) in [5, 5.41) is 11.8. The molecule has 112 valence electrons. The van der Waals surface area contributed by atoms with Crippen molar-refractivity contribution in [1.82, 2.24) is 4.72 Å². The summed E-state index contributed by atoms with van der Waals surface area (Å²) >= 11 is 0. The number of rotatable bonds is 6. The average Bonchev–Trinajstić information content (AvgIpc) is 2.94. The highest BCUT2D eigenvalue weighted by molar-refractivity contribution is 7.89. The molecule has 0 aliphatic rings. The van der Waals surface area contributed by atoms with Crippen LogP contribution in [0.15, 0.2) is 45.9 Å². The molecule has 0 aliphatic heterocycles. The van der Waals surface area contributed by atoms with Crippen LogP contribution < -0.4 is 10.0 Å². The number of aromatic carboxylic acids is 1. The molecular formula is C13H14N2O5S. The Hall–Kier alpha value is -2.32. The monoisotopic (exact) mass is 310 g/mol. The zero-order valence-electron chi connectivity index (χ0n) is 11.2. The molecule has 1 aromatic carbocycles. The van der Waals surface area contributed by atoms with Gasteiger partial charge in [-0.15, -0.1) is 0 Å². The second kappa shape index (κ2) is 5.98. The zero-order chi connectivity index (χ0) is 15.5. The molecule has 3 N–H and O–H groups in total. The summed E-state index contributed by atoms with van der Waals surface area (Å²) in [6.45, 7) is 0.246. The number of nitrogens with one attached hydrogen (secondary N) is 2. The van der Waals surface area contributed by atoms with Gasteiger partial charge in [-0.1, -0.05) is 6.07 Å². The summed E-state index contributed by atoms with van der Waals surface area (Å²) in [4.78, 5) is 10.9. The van der Waals surface area contributed by atoms with Crippen molar-refractivity contribution in [1.29, 1.82) is 0 Å². The van der Waals surface area contributed by atoms with E-state index in [4.69, 9.17) is 9.52 Å². The minimum Gasteiger partial charge on any atom is -0.478 e. The van der Waals surface area contributed by atoms with Crippen LogP contribution in [0.1, 0.15) is 16.1 Å². The van der Waals surface area contributed by atoms with Crippen LogP contribution in [0, 0.1) is 0 Å². The van der Waals surface area contributed by atoms with Gasteiger partial charge in [0.2, 0.25) is 10.0 Å². The van der Waals surface area contributed by atoms with Gasteiger partial charge >= 0.3 is 5.97 Å². The van der Waals surface area contributed by atoms with Crippen LogP contribution in [0.2, 0.25) is 0 Å². The molecule has 0 spiro atoms. The highest BCUT2D eigenvalue weighted by Crippen LogP contribution is 2.16. The van der Waals surface area contributed by atoms with Crippen molar-refractivity contribution in [2.75, 3.05) is 12.4 Å². The van der Waals surface area contributed by atoms with Crippen LogP contribution in [0.5, 0.6) is 0 Å². The molecular weight excluding hydrogens is 296 g/mol. The van der Waals surface area contributed by atoms with E-state index in [0.717, 1.165) is 6.26 Å². The molecule has 0 fully saturated rings. The van der Waals surface area contributed by atoms with E-state index in [1.807, 2.05) is 0 Å². The smallest absolute Gasteiger partial charge is 0.338 e. The molecule has 2 aromatic rings. The lowest BCUT2D eigenvalue weighted by atomic mass is 10.3. The summed E-state index contributed by atoms with van der Waals surface area (Å²) in [5.41, 5.74) is 0.651. The Kier molecular flexibility index (Phi) is 4.29. The highest BCUT2D eigenvalue weighted by Gasteiger charge is 2.12. The third-order valence-electron chi connectivity index (χ3n) is 2.78. The number of benzene rings is 1. The largest absolute Gasteiger partial charge is 0.478 e. The molecule has 8 heteroatoms. The molecule has 1 aromatic heterocycles. The molecule has 0 bridgehead atoms. The van der Waals surface area contributed by atoms with Crippen molar-refractivity contribution in [2.45, 2.75) is 11.4 Å². The van der Waals surface area contributed by atoms with Crippen LogP contribution in [0.3, 0.4) is 0 Å². The number of sulfonamides is 1. The van der Waals surface area contributed by atoms with Crippen LogP contribution in [0.25, 0.3) is 0 Å². The standard InChI is InChI=1S/C13H14N2O5S/c1-14-21(18,19)12-4-2-3-10(6-12)15-7-11-5-9(8-20-11)13(16)17/h2-6,8,14-15H,7H2,1H3,(H,16,17). The summed E-state index contributed by atoms with van der Waals surface area (Å²) in [7, 11) is -2.16. The van der Waals surface area contributed by atoms with Crippen molar-refractivity contribution in [3.63, 3.8) is 0 Å². The second-order valence-electron chi connectivity index (χ2n) is 4.20. The number of anilines is 1. The van der Waals surface area contributed by atoms with E-state index in [1.54, 1.807) is 12.1 Å². The summed E-state index contributed by atoms with van der Waals surface area (Å²) in [6.07, 6.45) is 1.15. The quantitative estimate of drug-likeness (QED) is 0.746. The van der Waals surface area contributed by atoms with Gasteiger partial charge in [-0.3, -0.25) is 0 Å². The topological polar surface area (TPSA) is 109 Å². The fourth-order valence-corrected chi connectivity index (χ4v) is 2.44. The average molecular weight is 310 g/mol. The molecule has 0 atom stereocenters. The molecule has 0 amide bonds. The lowest BCUT2D eigenvalue weighted by Gasteiger charge is -2.07. The Morgan fingerprint density at radius 2 is 2.10 bits per heavy atom. The zero-order valence-corrected chi connectivity index (χ0v) is 12.0. The van der Waals surface area contributed by atoms with Crippen molar-refractivity contribution in [3.05, 3.63) is 47.9 Å². The van der Waals surface area contributed by atoms with E-state index in [1.165, 1.54) is 25.2 Å². The minimum absolute atomic E-state index is 0.0679. The molecule has 0 saturated carbocycles. The predicted octanol–water partition coefficient (Wildman–Crippen LogP) is 1.50. The number of carboxylic acid groups (broad SMARTS) is 1. The predicted molar refractivity (Wildman–Crippen MR) is 75.7 cm³/mol. The third-order valence-corrected chi connectivity index (χ3v) is 4.19. The molecule has 7 nitrogen and oxygen atoms in total. The van der Waals surface area contributed by atoms with Gasteiger partial charge in [0.25, 0.3) is 0 Å². The van der Waals surface area contributed by atoms with Crippen molar-refractivity contribution in [2.24, 2.45) is 0 Å². The third kappa shape index (κ3) is 3.61. The minimum atomic E-state index is -3.50. The van der Waals surface area contributed by atoms with Gasteiger partial charge in [0.1, 0.15) is 12.0 Å². The van der Waals surface area contributed by atoms with E-state index in [0.29, 0.717) is 11.4 Å². The maximum atomic E-state index is 11.7. The Bertz CT molecular complexity index is 751. The molecule has 0 radical (unpaired) electrons. The van der Waals surface area contributed by atoms with Gasteiger partial charge in [0.15, 0.2) is 0 Å². The highest BCUT2D eigenvalue weighted by atomic mass is 32.2. The molecule has 21 heavy (non-hydrogen) atoms. The number of hydrogen-bond donors (Lipinski definition) is 3. The molecule has 2 rings (SSSR count). The summed E-state index contributed by atoms with van der Waals surface area (Å²) in [5.74, 6) is -0.624. The molecule has 0 aliphatic carbocycles. The van der Waals surface area contributed by atoms with Gasteiger partial charge in [-0.05, 0) is 31.3 Å². The Morgan fingerprint density at radius 1 is 1.33 bits per heavy atom. The number of carboxylic acids is 1. The Labute approximate surface area is 121 Å². The molecule has 1 heterocycles. The molecule has 0 unspecified atom stereocenters. The van der Waals surface area contributed by atoms with E-state index in [9.17, 15) is 13.2 Å². The van der Waals surface area contributed by atoms with Gasteiger partial charge in [-0.2, -0.15) is 0 Å². The van der Waals surface area contributed by atoms with E-state index in [-0.39, 0.29) is 17.0 Å². The van der Waals surface area contributed by atoms with Gasteiger partial charge < -0.3 is 14.8 Å².